The van der Waals surface area contributed by atoms with Gasteiger partial charge in [-0.25, -0.2) is 9.59 Å². The van der Waals surface area contributed by atoms with Gasteiger partial charge in [0, 0.05) is 0 Å². The summed E-state index contributed by atoms with van der Waals surface area (Å²) in [4.78, 5) is 24.9. The molecule has 3 aromatic rings. The summed E-state index contributed by atoms with van der Waals surface area (Å²) in [6.45, 7) is 0. The van der Waals surface area contributed by atoms with Crippen LogP contribution in [0.5, 0.6) is 0 Å². The predicted molar refractivity (Wildman–Crippen MR) is 99.8 cm³/mol. The fourth-order valence-electron chi connectivity index (χ4n) is 3.11. The summed E-state index contributed by atoms with van der Waals surface area (Å²) >= 11 is 0. The van der Waals surface area contributed by atoms with Crippen molar-refractivity contribution in [2.75, 3.05) is 0 Å². The lowest BCUT2D eigenvalue weighted by Crippen LogP contribution is -2.05. The van der Waals surface area contributed by atoms with Gasteiger partial charge in [-0.1, -0.05) is 12.2 Å². The Morgan fingerprint density at radius 2 is 1.12 bits per heavy atom. The first kappa shape index (κ1) is 14.5. The Kier molecular flexibility index (Phi) is 2.97. The van der Waals surface area contributed by atoms with Crippen LogP contribution in [-0.2, 0) is 0 Å². The average molecular weight is 338 g/mol. The van der Waals surface area contributed by atoms with Crippen LogP contribution < -0.4 is 11.3 Å². The maximum atomic E-state index is 12.4. The van der Waals surface area contributed by atoms with Crippen LogP contribution in [0.25, 0.3) is 32.7 Å². The molecule has 0 saturated carbocycles. The van der Waals surface area contributed by atoms with Crippen molar-refractivity contribution in [2.45, 2.75) is 0 Å². The molecule has 4 nitrogen and oxygen atoms in total. The van der Waals surface area contributed by atoms with Crippen LogP contribution in [0.1, 0.15) is 11.5 Å². The number of allylic oxidation sites excluding steroid dienone is 6. The van der Waals surface area contributed by atoms with Crippen LogP contribution in [0.3, 0.4) is 0 Å². The van der Waals surface area contributed by atoms with E-state index < -0.39 is 11.3 Å². The predicted octanol–water partition coefficient (Wildman–Crippen LogP) is 4.12. The highest BCUT2D eigenvalue weighted by Crippen LogP contribution is 2.26. The van der Waals surface area contributed by atoms with Crippen molar-refractivity contribution in [3.05, 3.63) is 105 Å². The molecule has 2 aliphatic carbocycles. The molecule has 4 heteroatoms. The first-order valence-electron chi connectivity index (χ1n) is 8.02. The standard InChI is InChI=1S/C22H10O4/c23-21-17-10-16-12-20(14-7-3-4-8-14)26-22(24)18(16)9-15(17)11-19(25-21)13-5-1-2-6-13/h1-5,7,9-12H. The molecule has 0 N–H and O–H groups in total. The van der Waals surface area contributed by atoms with Crippen LogP contribution in [0, 0.1) is 0 Å². The SMILES string of the molecule is O=c1oc(C2=C=CC=C2)cc2cc3c(=O)oc(C4=C=CC=C4)cc3cc12. The Labute approximate surface area is 146 Å². The van der Waals surface area contributed by atoms with Gasteiger partial charge >= 0.3 is 11.3 Å². The molecule has 0 aliphatic heterocycles. The van der Waals surface area contributed by atoms with Crippen molar-refractivity contribution in [1.82, 2.24) is 0 Å². The molecule has 1 aromatic carbocycles. The van der Waals surface area contributed by atoms with Crippen LogP contribution in [-0.4, -0.2) is 0 Å². The van der Waals surface area contributed by atoms with E-state index in [-0.39, 0.29) is 0 Å². The maximum absolute atomic E-state index is 12.4. The fraction of sp³-hybridized carbons (Fsp3) is 0. The minimum absolute atomic E-state index is 0.413. The maximum Gasteiger partial charge on any atom is 0.344 e. The summed E-state index contributed by atoms with van der Waals surface area (Å²) in [6.07, 6.45) is 10.7. The lowest BCUT2D eigenvalue weighted by atomic mass is 10.0. The third-order valence-electron chi connectivity index (χ3n) is 4.37. The molecule has 0 amide bonds. The van der Waals surface area contributed by atoms with Crippen molar-refractivity contribution in [3.8, 4) is 0 Å². The minimum Gasteiger partial charge on any atom is -0.422 e. The molecule has 5 rings (SSSR count). The van der Waals surface area contributed by atoms with Gasteiger partial charge in [-0.05, 0) is 59.3 Å². The van der Waals surface area contributed by atoms with Crippen LogP contribution in [0.15, 0.2) is 90.6 Å². The van der Waals surface area contributed by atoms with Crippen molar-refractivity contribution in [1.29, 1.82) is 0 Å². The molecule has 0 fully saturated rings. The van der Waals surface area contributed by atoms with E-state index in [4.69, 9.17) is 8.83 Å². The molecule has 122 valence electrons. The number of rotatable bonds is 2. The smallest absolute Gasteiger partial charge is 0.344 e. The van der Waals surface area contributed by atoms with Gasteiger partial charge in [0.05, 0.1) is 21.9 Å². The van der Waals surface area contributed by atoms with Gasteiger partial charge in [0.25, 0.3) is 0 Å². The lowest BCUT2D eigenvalue weighted by Gasteiger charge is -2.05. The molecular weight excluding hydrogens is 328 g/mol. The van der Waals surface area contributed by atoms with Gasteiger partial charge < -0.3 is 8.83 Å². The third kappa shape index (κ3) is 2.19. The van der Waals surface area contributed by atoms with E-state index in [0.717, 1.165) is 0 Å². The number of hydrogen-bond acceptors (Lipinski definition) is 4. The van der Waals surface area contributed by atoms with Gasteiger partial charge in [0.1, 0.15) is 11.5 Å². The van der Waals surface area contributed by atoms with E-state index in [1.807, 2.05) is 24.3 Å². The second-order valence-corrected chi connectivity index (χ2v) is 5.99. The number of fused-ring (bicyclic) bond motifs is 2. The summed E-state index contributed by atoms with van der Waals surface area (Å²) < 4.78 is 10.8. The van der Waals surface area contributed by atoms with Crippen LogP contribution >= 0.6 is 0 Å². The van der Waals surface area contributed by atoms with Crippen molar-refractivity contribution in [2.24, 2.45) is 0 Å². The van der Waals surface area contributed by atoms with Crippen LogP contribution in [0.4, 0.5) is 0 Å². The first-order valence-corrected chi connectivity index (χ1v) is 8.02. The van der Waals surface area contributed by atoms with E-state index in [1.165, 1.54) is 0 Å². The van der Waals surface area contributed by atoms with E-state index >= 15 is 0 Å². The summed E-state index contributed by atoms with van der Waals surface area (Å²) in [7, 11) is 0. The van der Waals surface area contributed by atoms with E-state index in [9.17, 15) is 9.59 Å². The van der Waals surface area contributed by atoms with Crippen molar-refractivity contribution >= 4 is 32.7 Å². The lowest BCUT2D eigenvalue weighted by molar-refractivity contribution is 0.505. The van der Waals surface area contributed by atoms with Gasteiger partial charge in [-0.3, -0.25) is 0 Å². The van der Waals surface area contributed by atoms with Gasteiger partial charge in [0.2, 0.25) is 0 Å². The van der Waals surface area contributed by atoms with Crippen molar-refractivity contribution in [3.63, 3.8) is 0 Å². The van der Waals surface area contributed by atoms with Crippen LogP contribution in [0.2, 0.25) is 0 Å². The van der Waals surface area contributed by atoms with Crippen molar-refractivity contribution < 1.29 is 8.83 Å². The van der Waals surface area contributed by atoms with Gasteiger partial charge in [0.15, 0.2) is 0 Å². The molecule has 26 heavy (non-hydrogen) atoms. The number of benzene rings is 1. The molecule has 0 atom stereocenters. The summed E-state index contributed by atoms with van der Waals surface area (Å²) in [5.74, 6) is 0.832. The second kappa shape index (κ2) is 5.33. The highest BCUT2D eigenvalue weighted by atomic mass is 16.4. The first-order chi connectivity index (χ1) is 12.7. The molecular formula is C22H10O4. The zero-order valence-electron chi connectivity index (χ0n) is 13.4. The van der Waals surface area contributed by atoms with E-state index in [2.05, 4.69) is 11.5 Å². The third-order valence-corrected chi connectivity index (χ3v) is 4.37. The molecule has 0 spiro atoms. The Balaban J connectivity index is 1.80. The Morgan fingerprint density at radius 3 is 1.50 bits per heavy atom. The molecule has 0 saturated heterocycles. The molecule has 0 bridgehead atoms. The minimum atomic E-state index is -0.455. The molecule has 0 unspecified atom stereocenters. The highest BCUT2D eigenvalue weighted by molar-refractivity contribution is 5.98. The largest absolute Gasteiger partial charge is 0.422 e. The van der Waals surface area contributed by atoms with Gasteiger partial charge in [-0.2, -0.15) is 0 Å². The fourth-order valence-corrected chi connectivity index (χ4v) is 3.11. The number of hydrogen-bond donors (Lipinski definition) is 0. The second-order valence-electron chi connectivity index (χ2n) is 5.99. The zero-order valence-corrected chi connectivity index (χ0v) is 13.4. The monoisotopic (exact) mass is 338 g/mol. The van der Waals surface area contributed by atoms with Gasteiger partial charge in [-0.15, -0.1) is 11.5 Å². The molecule has 2 aromatic heterocycles. The highest BCUT2D eigenvalue weighted by Gasteiger charge is 2.13. The zero-order chi connectivity index (χ0) is 17.7. The summed E-state index contributed by atoms with van der Waals surface area (Å²) in [5.41, 5.74) is 6.48. The average Bonchev–Trinajstić information content (AvgIpc) is 3.34. The normalized spacial score (nSPS) is 14.6. The topological polar surface area (TPSA) is 60.4 Å². The molecule has 2 heterocycles. The quantitative estimate of drug-likeness (QED) is 0.521. The van der Waals surface area contributed by atoms with E-state index in [1.54, 1.807) is 36.4 Å². The summed E-state index contributed by atoms with van der Waals surface area (Å²) in [5, 5.41) is 2.07. The molecule has 2 aliphatic rings. The van der Waals surface area contributed by atoms with E-state index in [0.29, 0.717) is 44.2 Å². The Hall–Kier alpha value is -3.84. The Bertz CT molecular complexity index is 1310. The molecule has 0 radical (unpaired) electrons. The summed E-state index contributed by atoms with van der Waals surface area (Å²) in [6, 6.07) is 6.80. The Morgan fingerprint density at radius 1 is 0.654 bits per heavy atom.